The number of allylic oxidation sites excluding steroid dienone is 1. The lowest BCUT2D eigenvalue weighted by Gasteiger charge is -2.04. The van der Waals surface area contributed by atoms with E-state index in [1.807, 2.05) is 6.08 Å². The molecule has 0 aromatic rings. The quantitative estimate of drug-likeness (QED) is 0.620. The summed E-state index contributed by atoms with van der Waals surface area (Å²) in [5.74, 6) is -0.240. The SMILES string of the molecule is O=C(O)CCCNC(=O)N/C=C/C1CCCC1. The molecule has 0 atom stereocenters. The van der Waals surface area contributed by atoms with Gasteiger partial charge in [0, 0.05) is 19.2 Å². The first-order valence-corrected chi connectivity index (χ1v) is 6.11. The largest absolute Gasteiger partial charge is 0.481 e. The number of hydrogen-bond acceptors (Lipinski definition) is 2. The van der Waals surface area contributed by atoms with Crippen LogP contribution in [-0.4, -0.2) is 23.7 Å². The average Bonchev–Trinajstić information content (AvgIpc) is 2.77. The highest BCUT2D eigenvalue weighted by Gasteiger charge is 2.11. The predicted octanol–water partition coefficient (Wildman–Crippen LogP) is 1.85. The summed E-state index contributed by atoms with van der Waals surface area (Å²) in [6.45, 7) is 0.384. The fraction of sp³-hybridized carbons (Fsp3) is 0.667. The normalized spacial score (nSPS) is 16.2. The van der Waals surface area contributed by atoms with Crippen LogP contribution in [0.2, 0.25) is 0 Å². The monoisotopic (exact) mass is 240 g/mol. The first kappa shape index (κ1) is 13.5. The maximum absolute atomic E-state index is 11.2. The van der Waals surface area contributed by atoms with Crippen molar-refractivity contribution in [1.82, 2.24) is 10.6 Å². The van der Waals surface area contributed by atoms with Crippen LogP contribution in [-0.2, 0) is 4.79 Å². The van der Waals surface area contributed by atoms with Crippen molar-refractivity contribution >= 4 is 12.0 Å². The Bertz CT molecular complexity index is 283. The number of amides is 2. The van der Waals surface area contributed by atoms with Crippen molar-refractivity contribution in [2.75, 3.05) is 6.54 Å². The van der Waals surface area contributed by atoms with E-state index in [2.05, 4.69) is 10.6 Å². The van der Waals surface area contributed by atoms with Crippen LogP contribution in [0.1, 0.15) is 38.5 Å². The summed E-state index contributed by atoms with van der Waals surface area (Å²) in [6.07, 6.45) is 9.21. The van der Waals surface area contributed by atoms with Gasteiger partial charge in [0.05, 0.1) is 0 Å². The van der Waals surface area contributed by atoms with E-state index in [0.29, 0.717) is 18.9 Å². The summed E-state index contributed by atoms with van der Waals surface area (Å²) in [7, 11) is 0. The highest BCUT2D eigenvalue weighted by atomic mass is 16.4. The Morgan fingerprint density at radius 3 is 2.65 bits per heavy atom. The molecule has 1 aliphatic carbocycles. The molecule has 0 spiro atoms. The average molecular weight is 240 g/mol. The molecule has 5 nitrogen and oxygen atoms in total. The van der Waals surface area contributed by atoms with Crippen LogP contribution in [0, 0.1) is 5.92 Å². The standard InChI is InChI=1S/C12H20N2O3/c15-11(16)6-3-8-13-12(17)14-9-7-10-4-1-2-5-10/h7,9-10H,1-6,8H2,(H,15,16)(H2,13,14,17)/b9-7+. The smallest absolute Gasteiger partial charge is 0.318 e. The van der Waals surface area contributed by atoms with Gasteiger partial charge in [-0.1, -0.05) is 18.9 Å². The first-order valence-electron chi connectivity index (χ1n) is 6.11. The van der Waals surface area contributed by atoms with Gasteiger partial charge in [-0.05, 0) is 25.2 Å². The molecule has 96 valence electrons. The van der Waals surface area contributed by atoms with Crippen molar-refractivity contribution in [2.24, 2.45) is 5.92 Å². The Balaban J connectivity index is 2.02. The van der Waals surface area contributed by atoms with Gasteiger partial charge in [0.25, 0.3) is 0 Å². The molecule has 1 rings (SSSR count). The number of carboxylic acid groups (broad SMARTS) is 1. The molecule has 1 saturated carbocycles. The van der Waals surface area contributed by atoms with Crippen LogP contribution in [0.15, 0.2) is 12.3 Å². The van der Waals surface area contributed by atoms with Crippen LogP contribution >= 0.6 is 0 Å². The molecule has 2 amide bonds. The van der Waals surface area contributed by atoms with Crippen molar-refractivity contribution in [2.45, 2.75) is 38.5 Å². The summed E-state index contributed by atoms with van der Waals surface area (Å²) >= 11 is 0. The Morgan fingerprint density at radius 1 is 1.29 bits per heavy atom. The van der Waals surface area contributed by atoms with Crippen LogP contribution in [0.3, 0.4) is 0 Å². The second-order valence-corrected chi connectivity index (χ2v) is 4.30. The minimum Gasteiger partial charge on any atom is -0.481 e. The molecule has 0 aromatic heterocycles. The van der Waals surface area contributed by atoms with Gasteiger partial charge in [-0.25, -0.2) is 4.79 Å². The zero-order chi connectivity index (χ0) is 12.5. The Morgan fingerprint density at radius 2 is 2.00 bits per heavy atom. The number of nitrogens with one attached hydrogen (secondary N) is 2. The molecule has 0 aromatic carbocycles. The molecule has 0 heterocycles. The van der Waals surface area contributed by atoms with E-state index < -0.39 is 5.97 Å². The van der Waals surface area contributed by atoms with E-state index in [4.69, 9.17) is 5.11 Å². The summed E-state index contributed by atoms with van der Waals surface area (Å²) in [4.78, 5) is 21.5. The molecule has 0 bridgehead atoms. The Kier molecular flexibility index (Phi) is 6.14. The van der Waals surface area contributed by atoms with Crippen LogP contribution in [0.25, 0.3) is 0 Å². The fourth-order valence-electron chi connectivity index (χ4n) is 1.90. The number of aliphatic carboxylic acids is 1. The van der Waals surface area contributed by atoms with E-state index in [1.54, 1.807) is 6.20 Å². The van der Waals surface area contributed by atoms with Crippen molar-refractivity contribution < 1.29 is 14.7 Å². The minimum absolute atomic E-state index is 0.0815. The number of carbonyl (C=O) groups is 2. The zero-order valence-corrected chi connectivity index (χ0v) is 9.95. The maximum atomic E-state index is 11.2. The van der Waals surface area contributed by atoms with Gasteiger partial charge in [0.1, 0.15) is 0 Å². The molecular weight excluding hydrogens is 220 g/mol. The predicted molar refractivity (Wildman–Crippen MR) is 64.5 cm³/mol. The van der Waals surface area contributed by atoms with Crippen LogP contribution in [0.5, 0.6) is 0 Å². The minimum atomic E-state index is -0.840. The lowest BCUT2D eigenvalue weighted by Crippen LogP contribution is -2.33. The summed E-state index contributed by atoms with van der Waals surface area (Å²) in [5.41, 5.74) is 0. The van der Waals surface area contributed by atoms with E-state index in [1.165, 1.54) is 25.7 Å². The van der Waals surface area contributed by atoms with E-state index >= 15 is 0 Å². The van der Waals surface area contributed by atoms with Gasteiger partial charge in [-0.15, -0.1) is 0 Å². The first-order chi connectivity index (χ1) is 8.18. The van der Waals surface area contributed by atoms with Crippen molar-refractivity contribution in [3.05, 3.63) is 12.3 Å². The maximum Gasteiger partial charge on any atom is 0.318 e. The molecule has 3 N–H and O–H groups in total. The summed E-state index contributed by atoms with van der Waals surface area (Å²) in [5, 5.41) is 13.6. The van der Waals surface area contributed by atoms with Crippen LogP contribution < -0.4 is 10.6 Å². The van der Waals surface area contributed by atoms with Crippen LogP contribution in [0.4, 0.5) is 4.79 Å². The van der Waals surface area contributed by atoms with Gasteiger partial charge in [-0.3, -0.25) is 4.79 Å². The number of carbonyl (C=O) groups excluding carboxylic acids is 1. The van der Waals surface area contributed by atoms with E-state index in [-0.39, 0.29) is 12.5 Å². The van der Waals surface area contributed by atoms with Gasteiger partial charge in [0.2, 0.25) is 0 Å². The molecule has 0 radical (unpaired) electrons. The Hall–Kier alpha value is -1.52. The fourth-order valence-corrected chi connectivity index (χ4v) is 1.90. The zero-order valence-electron chi connectivity index (χ0n) is 9.95. The molecule has 0 saturated heterocycles. The lowest BCUT2D eigenvalue weighted by molar-refractivity contribution is -0.137. The lowest BCUT2D eigenvalue weighted by atomic mass is 10.1. The molecule has 0 aliphatic heterocycles. The van der Waals surface area contributed by atoms with E-state index in [9.17, 15) is 9.59 Å². The third kappa shape index (κ3) is 6.60. The molecule has 1 aliphatic rings. The highest BCUT2D eigenvalue weighted by molar-refractivity contribution is 5.74. The summed E-state index contributed by atoms with van der Waals surface area (Å²) < 4.78 is 0. The van der Waals surface area contributed by atoms with Gasteiger partial charge in [0.15, 0.2) is 0 Å². The number of hydrogen-bond donors (Lipinski definition) is 3. The number of urea groups is 1. The number of carboxylic acids is 1. The van der Waals surface area contributed by atoms with Gasteiger partial charge < -0.3 is 15.7 Å². The molecule has 1 fully saturated rings. The van der Waals surface area contributed by atoms with Crippen molar-refractivity contribution in [1.29, 1.82) is 0 Å². The molecular formula is C12H20N2O3. The topological polar surface area (TPSA) is 78.4 Å². The molecule has 0 unspecified atom stereocenters. The van der Waals surface area contributed by atoms with E-state index in [0.717, 1.165) is 0 Å². The van der Waals surface area contributed by atoms with Gasteiger partial charge in [-0.2, -0.15) is 0 Å². The highest BCUT2D eigenvalue weighted by Crippen LogP contribution is 2.25. The van der Waals surface area contributed by atoms with Crippen molar-refractivity contribution in [3.63, 3.8) is 0 Å². The van der Waals surface area contributed by atoms with Gasteiger partial charge >= 0.3 is 12.0 Å². The summed E-state index contributed by atoms with van der Waals surface area (Å²) in [6, 6.07) is -0.273. The number of rotatable bonds is 6. The third-order valence-corrected chi connectivity index (χ3v) is 2.84. The second kappa shape index (κ2) is 7.70. The molecule has 17 heavy (non-hydrogen) atoms. The van der Waals surface area contributed by atoms with Crippen molar-refractivity contribution in [3.8, 4) is 0 Å². The third-order valence-electron chi connectivity index (χ3n) is 2.84. The second-order valence-electron chi connectivity index (χ2n) is 4.30. The Labute approximate surface area is 101 Å². The molecule has 5 heteroatoms.